The smallest absolute Gasteiger partial charge is 0.399 e. The average molecular weight is 297 g/mol. The molecule has 1 aromatic heterocycles. The number of imide groups is 1. The van der Waals surface area contributed by atoms with Crippen LogP contribution < -0.4 is 0 Å². The standard InChI is InChI=1S/C16H11NO5/c18-14-10-3-1-2-4-11(10)15(19)17(14)22-16(20)13-8-7-12(21-13)9-5-6-9/h1-4,7-9H,5-6H2. The molecule has 0 spiro atoms. The van der Waals surface area contributed by atoms with Gasteiger partial charge in [-0.25, -0.2) is 4.79 Å². The van der Waals surface area contributed by atoms with Crippen LogP contribution in [0, 0.1) is 0 Å². The molecule has 0 bridgehead atoms. The molecule has 1 fully saturated rings. The fourth-order valence-electron chi connectivity index (χ4n) is 2.43. The summed E-state index contributed by atoms with van der Waals surface area (Å²) in [6, 6.07) is 9.53. The van der Waals surface area contributed by atoms with Crippen LogP contribution >= 0.6 is 0 Å². The van der Waals surface area contributed by atoms with E-state index in [0.717, 1.165) is 18.6 Å². The number of amides is 2. The van der Waals surface area contributed by atoms with Crippen molar-refractivity contribution in [2.45, 2.75) is 18.8 Å². The lowest BCUT2D eigenvalue weighted by Crippen LogP contribution is -2.32. The Kier molecular flexibility index (Phi) is 2.66. The van der Waals surface area contributed by atoms with Gasteiger partial charge in [-0.1, -0.05) is 17.2 Å². The van der Waals surface area contributed by atoms with Crippen molar-refractivity contribution in [1.82, 2.24) is 5.06 Å². The summed E-state index contributed by atoms with van der Waals surface area (Å²) in [6.07, 6.45) is 2.08. The van der Waals surface area contributed by atoms with Gasteiger partial charge in [-0.3, -0.25) is 9.59 Å². The number of carbonyl (C=O) groups excluding carboxylic acids is 3. The van der Waals surface area contributed by atoms with E-state index in [9.17, 15) is 14.4 Å². The summed E-state index contributed by atoms with van der Waals surface area (Å²) in [5.74, 6) is -1.08. The molecule has 2 aromatic rings. The molecule has 22 heavy (non-hydrogen) atoms. The zero-order chi connectivity index (χ0) is 15.3. The van der Waals surface area contributed by atoms with E-state index in [-0.39, 0.29) is 16.9 Å². The fourth-order valence-corrected chi connectivity index (χ4v) is 2.43. The summed E-state index contributed by atoms with van der Waals surface area (Å²) in [4.78, 5) is 41.1. The molecule has 1 aliphatic heterocycles. The molecule has 6 nitrogen and oxygen atoms in total. The first-order valence-corrected chi connectivity index (χ1v) is 6.95. The molecule has 0 N–H and O–H groups in total. The Morgan fingerprint density at radius 3 is 2.27 bits per heavy atom. The Hall–Kier alpha value is -2.89. The lowest BCUT2D eigenvalue weighted by molar-refractivity contribution is -0.0603. The minimum Gasteiger partial charge on any atom is -0.454 e. The second-order valence-corrected chi connectivity index (χ2v) is 5.31. The Bertz CT molecular complexity index is 767. The van der Waals surface area contributed by atoms with Gasteiger partial charge in [0, 0.05) is 5.92 Å². The normalized spacial score (nSPS) is 16.8. The van der Waals surface area contributed by atoms with Crippen LogP contribution in [-0.4, -0.2) is 22.8 Å². The molecular weight excluding hydrogens is 286 g/mol. The highest BCUT2D eigenvalue weighted by Gasteiger charge is 2.39. The molecule has 110 valence electrons. The summed E-state index contributed by atoms with van der Waals surface area (Å²) < 4.78 is 5.40. The van der Waals surface area contributed by atoms with E-state index in [1.54, 1.807) is 18.2 Å². The zero-order valence-electron chi connectivity index (χ0n) is 11.4. The Morgan fingerprint density at radius 1 is 1.05 bits per heavy atom. The van der Waals surface area contributed by atoms with Crippen molar-refractivity contribution in [2.24, 2.45) is 0 Å². The van der Waals surface area contributed by atoms with Crippen molar-refractivity contribution in [3.63, 3.8) is 0 Å². The van der Waals surface area contributed by atoms with Crippen molar-refractivity contribution < 1.29 is 23.6 Å². The molecule has 2 amide bonds. The van der Waals surface area contributed by atoms with E-state index in [1.165, 1.54) is 18.2 Å². The fraction of sp³-hybridized carbons (Fsp3) is 0.188. The lowest BCUT2D eigenvalue weighted by Gasteiger charge is -2.11. The lowest BCUT2D eigenvalue weighted by atomic mass is 10.1. The van der Waals surface area contributed by atoms with Crippen molar-refractivity contribution in [1.29, 1.82) is 0 Å². The molecule has 0 radical (unpaired) electrons. The van der Waals surface area contributed by atoms with Gasteiger partial charge in [0.25, 0.3) is 11.8 Å². The quantitative estimate of drug-likeness (QED) is 0.814. The van der Waals surface area contributed by atoms with E-state index in [0.29, 0.717) is 11.0 Å². The van der Waals surface area contributed by atoms with Gasteiger partial charge in [-0.15, -0.1) is 0 Å². The van der Waals surface area contributed by atoms with Crippen molar-refractivity contribution in [3.05, 3.63) is 59.0 Å². The molecule has 0 unspecified atom stereocenters. The second-order valence-electron chi connectivity index (χ2n) is 5.31. The van der Waals surface area contributed by atoms with Gasteiger partial charge in [-0.05, 0) is 37.1 Å². The third kappa shape index (κ3) is 1.92. The number of hydroxylamine groups is 2. The largest absolute Gasteiger partial charge is 0.454 e. The number of furan rings is 1. The van der Waals surface area contributed by atoms with Gasteiger partial charge in [0.2, 0.25) is 5.76 Å². The number of rotatable bonds is 3. The maximum atomic E-state index is 12.1. The maximum Gasteiger partial charge on any atom is 0.399 e. The van der Waals surface area contributed by atoms with Crippen molar-refractivity contribution in [2.75, 3.05) is 0 Å². The van der Waals surface area contributed by atoms with Crippen LogP contribution in [-0.2, 0) is 4.84 Å². The predicted octanol–water partition coefficient (Wildman–Crippen LogP) is 2.53. The molecular formula is C16H11NO5. The summed E-state index contributed by atoms with van der Waals surface area (Å²) >= 11 is 0. The summed E-state index contributed by atoms with van der Waals surface area (Å²) in [6.45, 7) is 0. The van der Waals surface area contributed by atoms with Crippen LogP contribution in [0.25, 0.3) is 0 Å². The third-order valence-electron chi connectivity index (χ3n) is 3.74. The molecule has 0 atom stereocenters. The van der Waals surface area contributed by atoms with Gasteiger partial charge in [0.15, 0.2) is 0 Å². The van der Waals surface area contributed by atoms with E-state index in [2.05, 4.69) is 0 Å². The number of carbonyl (C=O) groups is 3. The van der Waals surface area contributed by atoms with E-state index in [4.69, 9.17) is 9.25 Å². The number of fused-ring (bicyclic) bond motifs is 1. The molecule has 6 heteroatoms. The zero-order valence-corrected chi connectivity index (χ0v) is 11.4. The molecule has 4 rings (SSSR count). The van der Waals surface area contributed by atoms with Crippen LogP contribution in [0.5, 0.6) is 0 Å². The van der Waals surface area contributed by atoms with Crippen molar-refractivity contribution >= 4 is 17.8 Å². The first-order valence-electron chi connectivity index (χ1n) is 6.95. The van der Waals surface area contributed by atoms with Gasteiger partial charge in [-0.2, -0.15) is 0 Å². The Balaban J connectivity index is 1.55. The molecule has 0 saturated heterocycles. The van der Waals surface area contributed by atoms with E-state index in [1.807, 2.05) is 0 Å². The predicted molar refractivity (Wildman–Crippen MR) is 73.0 cm³/mol. The SMILES string of the molecule is O=C(ON1C(=O)c2ccccc2C1=O)c1ccc(C2CC2)o1. The molecule has 1 aromatic carbocycles. The van der Waals surface area contributed by atoms with Gasteiger partial charge < -0.3 is 9.25 Å². The van der Waals surface area contributed by atoms with Crippen LogP contribution in [0.3, 0.4) is 0 Å². The van der Waals surface area contributed by atoms with Crippen LogP contribution in [0.1, 0.15) is 55.8 Å². The molecule has 1 aliphatic carbocycles. The number of hydrogen-bond donors (Lipinski definition) is 0. The van der Waals surface area contributed by atoms with E-state index >= 15 is 0 Å². The maximum absolute atomic E-state index is 12.1. The minimum absolute atomic E-state index is 0.0153. The van der Waals surface area contributed by atoms with Crippen molar-refractivity contribution in [3.8, 4) is 0 Å². The first-order chi connectivity index (χ1) is 10.6. The summed E-state index contributed by atoms with van der Waals surface area (Å²) in [5, 5.41) is 0.478. The van der Waals surface area contributed by atoms with Crippen LogP contribution in [0.15, 0.2) is 40.8 Å². The molecule has 2 aliphatic rings. The number of hydrogen-bond acceptors (Lipinski definition) is 5. The Morgan fingerprint density at radius 2 is 1.68 bits per heavy atom. The highest BCUT2D eigenvalue weighted by molar-refractivity contribution is 6.21. The number of benzene rings is 1. The monoisotopic (exact) mass is 297 g/mol. The van der Waals surface area contributed by atoms with E-state index < -0.39 is 17.8 Å². The second kappa shape index (κ2) is 4.56. The average Bonchev–Trinajstić information content (AvgIpc) is 3.22. The molecule has 1 saturated carbocycles. The summed E-state index contributed by atoms with van der Waals surface area (Å²) in [5.41, 5.74) is 0.442. The summed E-state index contributed by atoms with van der Waals surface area (Å²) in [7, 11) is 0. The van der Waals surface area contributed by atoms with Crippen LogP contribution in [0.2, 0.25) is 0 Å². The number of nitrogens with zero attached hydrogens (tertiary/aromatic N) is 1. The minimum atomic E-state index is -0.860. The van der Waals surface area contributed by atoms with Crippen LogP contribution in [0.4, 0.5) is 0 Å². The topological polar surface area (TPSA) is 76.8 Å². The highest BCUT2D eigenvalue weighted by Crippen LogP contribution is 2.40. The van der Waals surface area contributed by atoms with Gasteiger partial charge in [0.1, 0.15) is 5.76 Å². The highest BCUT2D eigenvalue weighted by atomic mass is 16.7. The first kappa shape index (κ1) is 12.8. The third-order valence-corrected chi connectivity index (χ3v) is 3.74. The Labute approximate surface area is 125 Å². The van der Waals surface area contributed by atoms with Gasteiger partial charge in [0.05, 0.1) is 11.1 Å². The molecule has 2 heterocycles. The van der Waals surface area contributed by atoms with Gasteiger partial charge >= 0.3 is 5.97 Å².